The minimum atomic E-state index is -0.0134. The zero-order valence-electron chi connectivity index (χ0n) is 16.6. The highest BCUT2D eigenvalue weighted by molar-refractivity contribution is 5.94. The van der Waals surface area contributed by atoms with Crippen LogP contribution in [0.5, 0.6) is 5.75 Å². The van der Waals surface area contributed by atoms with E-state index in [9.17, 15) is 9.59 Å². The van der Waals surface area contributed by atoms with Crippen LogP contribution in [0.2, 0.25) is 0 Å². The first kappa shape index (κ1) is 20.3. The molecule has 1 aliphatic rings. The third-order valence-corrected chi connectivity index (χ3v) is 4.39. The van der Waals surface area contributed by atoms with Crippen LogP contribution in [0.1, 0.15) is 57.3 Å². The van der Waals surface area contributed by atoms with Crippen LogP contribution in [0.25, 0.3) is 0 Å². The number of hydrogen-bond donors (Lipinski definition) is 0. The number of hydrogen-bond acceptors (Lipinski definition) is 3. The molecule has 0 aromatic heterocycles. The first-order valence-electron chi connectivity index (χ1n) is 9.60. The Morgan fingerprint density at radius 2 is 1.62 bits per heavy atom. The number of carbonyl (C=O) groups is 2. The normalized spacial score (nSPS) is 15.5. The van der Waals surface area contributed by atoms with Crippen molar-refractivity contribution in [2.75, 3.05) is 32.8 Å². The lowest BCUT2D eigenvalue weighted by molar-refractivity contribution is -0.132. The van der Waals surface area contributed by atoms with Gasteiger partial charge in [0.05, 0.1) is 6.61 Å². The summed E-state index contributed by atoms with van der Waals surface area (Å²) in [6.07, 6.45) is 2.32. The maximum atomic E-state index is 12.8. The molecule has 1 aromatic carbocycles. The van der Waals surface area contributed by atoms with E-state index < -0.39 is 0 Å². The van der Waals surface area contributed by atoms with Gasteiger partial charge in [-0.15, -0.1) is 0 Å². The average molecular weight is 360 g/mol. The molecule has 0 saturated carbocycles. The Balaban J connectivity index is 1.93. The van der Waals surface area contributed by atoms with E-state index in [4.69, 9.17) is 4.74 Å². The molecule has 1 aromatic rings. The molecule has 5 heteroatoms. The molecular weight excluding hydrogens is 328 g/mol. The van der Waals surface area contributed by atoms with Crippen molar-refractivity contribution in [2.24, 2.45) is 5.41 Å². The third kappa shape index (κ3) is 6.04. The Hall–Kier alpha value is -2.04. The monoisotopic (exact) mass is 360 g/mol. The van der Waals surface area contributed by atoms with E-state index in [2.05, 4.69) is 27.7 Å². The second kappa shape index (κ2) is 9.06. The fourth-order valence-electron chi connectivity index (χ4n) is 3.03. The Bertz CT molecular complexity index is 605. The van der Waals surface area contributed by atoms with Crippen molar-refractivity contribution >= 4 is 11.8 Å². The molecule has 144 valence electrons. The Labute approximate surface area is 157 Å². The molecule has 0 bridgehead atoms. The number of carbonyl (C=O) groups excluding carboxylic acids is 2. The van der Waals surface area contributed by atoms with Crippen molar-refractivity contribution in [1.82, 2.24) is 9.80 Å². The molecule has 1 fully saturated rings. The van der Waals surface area contributed by atoms with Crippen LogP contribution in [0.4, 0.5) is 0 Å². The van der Waals surface area contributed by atoms with Gasteiger partial charge < -0.3 is 14.5 Å². The molecular formula is C21H32N2O3. The first-order valence-corrected chi connectivity index (χ1v) is 9.60. The quantitative estimate of drug-likeness (QED) is 0.806. The smallest absolute Gasteiger partial charge is 0.253 e. The van der Waals surface area contributed by atoms with Crippen LogP contribution in [0, 0.1) is 5.41 Å². The summed E-state index contributed by atoms with van der Waals surface area (Å²) in [5, 5.41) is 0. The Morgan fingerprint density at radius 3 is 2.23 bits per heavy atom. The molecule has 2 amide bonds. The van der Waals surface area contributed by atoms with Crippen LogP contribution in [-0.4, -0.2) is 54.4 Å². The molecule has 0 atom stereocenters. The van der Waals surface area contributed by atoms with E-state index in [1.807, 2.05) is 34.1 Å². The van der Waals surface area contributed by atoms with Gasteiger partial charge in [0, 0.05) is 38.2 Å². The molecule has 0 aliphatic carbocycles. The van der Waals surface area contributed by atoms with Gasteiger partial charge in [-0.1, -0.05) is 27.7 Å². The molecule has 1 saturated heterocycles. The lowest BCUT2D eigenvalue weighted by Crippen LogP contribution is -2.38. The molecule has 2 rings (SSSR count). The number of ether oxygens (including phenoxy) is 1. The molecule has 0 spiro atoms. The number of nitrogens with zero attached hydrogens (tertiary/aromatic N) is 2. The van der Waals surface area contributed by atoms with E-state index in [0.717, 1.165) is 25.1 Å². The summed E-state index contributed by atoms with van der Waals surface area (Å²) in [6.45, 7) is 11.6. The van der Waals surface area contributed by atoms with E-state index in [1.54, 1.807) is 0 Å². The van der Waals surface area contributed by atoms with Crippen LogP contribution < -0.4 is 4.74 Å². The zero-order valence-corrected chi connectivity index (χ0v) is 16.6. The van der Waals surface area contributed by atoms with Crippen molar-refractivity contribution in [3.63, 3.8) is 0 Å². The molecule has 1 heterocycles. The van der Waals surface area contributed by atoms with Crippen LogP contribution >= 0.6 is 0 Å². The fourth-order valence-corrected chi connectivity index (χ4v) is 3.03. The largest absolute Gasteiger partial charge is 0.494 e. The van der Waals surface area contributed by atoms with Gasteiger partial charge in [-0.05, 0) is 42.5 Å². The topological polar surface area (TPSA) is 49.9 Å². The van der Waals surface area contributed by atoms with Crippen molar-refractivity contribution in [3.8, 4) is 5.75 Å². The number of amides is 2. The predicted octanol–water partition coefficient (Wildman–Crippen LogP) is 3.59. The number of rotatable bonds is 5. The summed E-state index contributed by atoms with van der Waals surface area (Å²) in [7, 11) is 0. The summed E-state index contributed by atoms with van der Waals surface area (Å²) in [6, 6.07) is 7.33. The highest BCUT2D eigenvalue weighted by atomic mass is 16.5. The van der Waals surface area contributed by atoms with Gasteiger partial charge in [0.1, 0.15) is 5.75 Å². The second-order valence-electron chi connectivity index (χ2n) is 8.14. The maximum absolute atomic E-state index is 12.8. The Morgan fingerprint density at radius 1 is 1.00 bits per heavy atom. The van der Waals surface area contributed by atoms with Gasteiger partial charge >= 0.3 is 0 Å². The molecule has 26 heavy (non-hydrogen) atoms. The third-order valence-electron chi connectivity index (χ3n) is 4.39. The van der Waals surface area contributed by atoms with E-state index in [0.29, 0.717) is 38.2 Å². The van der Waals surface area contributed by atoms with Crippen molar-refractivity contribution in [3.05, 3.63) is 29.8 Å². The van der Waals surface area contributed by atoms with E-state index >= 15 is 0 Å². The first-order chi connectivity index (χ1) is 12.3. The van der Waals surface area contributed by atoms with Gasteiger partial charge in [0.15, 0.2) is 0 Å². The molecule has 5 nitrogen and oxygen atoms in total. The van der Waals surface area contributed by atoms with Crippen molar-refractivity contribution < 1.29 is 14.3 Å². The van der Waals surface area contributed by atoms with Crippen LogP contribution in [0.15, 0.2) is 24.3 Å². The second-order valence-corrected chi connectivity index (χ2v) is 8.14. The summed E-state index contributed by atoms with van der Waals surface area (Å²) in [5.41, 5.74) is 0.656. The van der Waals surface area contributed by atoms with Gasteiger partial charge in [-0.2, -0.15) is 0 Å². The number of benzene rings is 1. The lowest BCUT2D eigenvalue weighted by Gasteiger charge is -2.25. The maximum Gasteiger partial charge on any atom is 0.253 e. The minimum Gasteiger partial charge on any atom is -0.494 e. The standard InChI is InChI=1S/C21H32N2O3/c1-5-15-26-18-9-7-17(8-10-18)20(25)23-12-6-11-22(13-14-23)19(24)16-21(2,3)4/h7-10H,5-6,11-16H2,1-4H3. The van der Waals surface area contributed by atoms with Gasteiger partial charge in [0.25, 0.3) is 5.91 Å². The van der Waals surface area contributed by atoms with Crippen LogP contribution in [0.3, 0.4) is 0 Å². The van der Waals surface area contributed by atoms with E-state index in [-0.39, 0.29) is 17.2 Å². The van der Waals surface area contributed by atoms with Gasteiger partial charge in [-0.25, -0.2) is 0 Å². The van der Waals surface area contributed by atoms with Crippen molar-refractivity contribution in [2.45, 2.75) is 47.0 Å². The molecule has 0 N–H and O–H groups in total. The highest BCUT2D eigenvalue weighted by Crippen LogP contribution is 2.21. The molecule has 1 aliphatic heterocycles. The highest BCUT2D eigenvalue weighted by Gasteiger charge is 2.25. The lowest BCUT2D eigenvalue weighted by atomic mass is 9.91. The summed E-state index contributed by atoms with van der Waals surface area (Å²) in [5.74, 6) is 1.000. The average Bonchev–Trinajstić information content (AvgIpc) is 2.84. The summed E-state index contributed by atoms with van der Waals surface area (Å²) >= 11 is 0. The van der Waals surface area contributed by atoms with Gasteiger partial charge in [0.2, 0.25) is 5.91 Å². The van der Waals surface area contributed by atoms with Crippen LogP contribution in [-0.2, 0) is 4.79 Å². The van der Waals surface area contributed by atoms with Crippen molar-refractivity contribution in [1.29, 1.82) is 0 Å². The summed E-state index contributed by atoms with van der Waals surface area (Å²) in [4.78, 5) is 29.0. The summed E-state index contributed by atoms with van der Waals surface area (Å²) < 4.78 is 5.57. The Kier molecular flexibility index (Phi) is 7.06. The zero-order chi connectivity index (χ0) is 19.2. The molecule has 0 unspecified atom stereocenters. The SMILES string of the molecule is CCCOc1ccc(C(=O)N2CCCN(C(=O)CC(C)(C)C)CC2)cc1. The molecule has 0 radical (unpaired) electrons. The van der Waals surface area contributed by atoms with E-state index in [1.165, 1.54) is 0 Å². The predicted molar refractivity (Wildman–Crippen MR) is 103 cm³/mol. The minimum absolute atomic E-state index is 0.0134. The fraction of sp³-hybridized carbons (Fsp3) is 0.619. The van der Waals surface area contributed by atoms with Gasteiger partial charge in [-0.3, -0.25) is 9.59 Å².